The Morgan fingerprint density at radius 1 is 0.354 bits per heavy atom. The third-order valence-corrected chi connectivity index (χ3v) is 16.5. The number of nitrogens with zero attached hydrogens (tertiary/aromatic N) is 7. The molecule has 0 aliphatic carbocycles. The molecule has 0 bridgehead atoms. The number of carbonyl (C=O) groups is 6. The summed E-state index contributed by atoms with van der Waals surface area (Å²) < 4.78 is 0. The van der Waals surface area contributed by atoms with Crippen LogP contribution in [-0.2, 0) is 28.8 Å². The number of hydrazone groups is 3. The first-order valence-electron chi connectivity index (χ1n) is 25.1. The Kier molecular flexibility index (Phi) is 13.8. The van der Waals surface area contributed by atoms with Gasteiger partial charge < -0.3 is 20.2 Å². The molecule has 9 aromatic rings. The average molecular weight is 1130 g/mol. The third-order valence-electron chi connectivity index (χ3n) is 13.2. The highest BCUT2D eigenvalue weighted by Crippen LogP contribution is 2.41. The molecular formula is C63H39N7O9S3. The summed E-state index contributed by atoms with van der Waals surface area (Å²) in [7, 11) is 0. The molecule has 0 atom stereocenters. The van der Waals surface area contributed by atoms with E-state index in [0.29, 0.717) is 31.7 Å². The minimum atomic E-state index is -1.31. The average Bonchev–Trinajstić information content (AvgIpc) is 4.44. The summed E-state index contributed by atoms with van der Waals surface area (Å²) in [5, 5.41) is 45.7. The van der Waals surface area contributed by atoms with Gasteiger partial charge >= 0.3 is 17.9 Å². The number of amides is 3. The van der Waals surface area contributed by atoms with Gasteiger partial charge in [0.15, 0.2) is 17.1 Å². The van der Waals surface area contributed by atoms with Crippen LogP contribution in [0, 0.1) is 0 Å². The van der Waals surface area contributed by atoms with E-state index in [2.05, 4.69) is 20.2 Å². The van der Waals surface area contributed by atoms with Crippen molar-refractivity contribution in [2.75, 3.05) is 19.9 Å². The van der Waals surface area contributed by atoms with Gasteiger partial charge in [-0.3, -0.25) is 14.4 Å². The molecule has 3 amide bonds. The fourth-order valence-corrected chi connectivity index (χ4v) is 12.2. The molecule has 398 valence electrons. The van der Waals surface area contributed by atoms with Crippen LogP contribution in [0.4, 0.5) is 34.1 Å². The highest BCUT2D eigenvalue weighted by molar-refractivity contribution is 7.17. The molecule has 6 aromatic carbocycles. The van der Waals surface area contributed by atoms with Crippen molar-refractivity contribution in [2.24, 2.45) is 15.3 Å². The van der Waals surface area contributed by atoms with E-state index in [0.717, 1.165) is 63.4 Å². The molecule has 0 saturated heterocycles. The molecule has 0 saturated carbocycles. The van der Waals surface area contributed by atoms with Gasteiger partial charge in [-0.1, -0.05) is 91.0 Å². The highest BCUT2D eigenvalue weighted by Gasteiger charge is 2.38. The summed E-state index contributed by atoms with van der Waals surface area (Å²) in [4.78, 5) is 84.1. The fourth-order valence-electron chi connectivity index (χ4n) is 9.30. The van der Waals surface area contributed by atoms with Crippen molar-refractivity contribution in [2.45, 2.75) is 0 Å². The number of para-hydroxylation sites is 3. The minimum absolute atomic E-state index is 0.0256. The number of benzene rings is 6. The lowest BCUT2D eigenvalue weighted by Gasteiger charge is -2.26. The van der Waals surface area contributed by atoms with Crippen LogP contribution in [0.2, 0.25) is 0 Å². The molecular weight excluding hydrogens is 1090 g/mol. The van der Waals surface area contributed by atoms with E-state index < -0.39 is 35.6 Å². The van der Waals surface area contributed by atoms with Crippen molar-refractivity contribution in [1.29, 1.82) is 0 Å². The summed E-state index contributed by atoms with van der Waals surface area (Å²) in [6.45, 7) is 0. The first-order chi connectivity index (χ1) is 39.8. The second-order valence-electron chi connectivity index (χ2n) is 18.4. The smallest absolute Gasteiger partial charge is 0.357 e. The molecule has 3 aliphatic heterocycles. The summed E-state index contributed by atoms with van der Waals surface area (Å²) in [6, 6.07) is 61.1. The van der Waals surface area contributed by atoms with Gasteiger partial charge in [0.2, 0.25) is 0 Å². The Hall–Kier alpha value is -10.7. The number of aliphatic carboxylic acids is 3. The lowest BCUT2D eigenvalue weighted by Crippen LogP contribution is -2.22. The zero-order valence-electron chi connectivity index (χ0n) is 42.4. The van der Waals surface area contributed by atoms with Gasteiger partial charge in [0.25, 0.3) is 17.7 Å². The van der Waals surface area contributed by atoms with Gasteiger partial charge in [-0.05, 0) is 144 Å². The van der Waals surface area contributed by atoms with Crippen LogP contribution in [-0.4, -0.2) is 68.1 Å². The Labute approximate surface area is 478 Å². The van der Waals surface area contributed by atoms with Gasteiger partial charge in [0.1, 0.15) is 0 Å². The van der Waals surface area contributed by atoms with Crippen molar-refractivity contribution in [3.63, 3.8) is 0 Å². The minimum Gasteiger partial charge on any atom is -0.476 e. The van der Waals surface area contributed by atoms with Crippen LogP contribution < -0.4 is 19.9 Å². The molecule has 3 aromatic heterocycles. The predicted octanol–water partition coefficient (Wildman–Crippen LogP) is 13.0. The Bertz CT molecular complexity index is 3820. The number of carboxylic acids is 3. The summed E-state index contributed by atoms with van der Waals surface area (Å²) >= 11 is 4.19. The van der Waals surface area contributed by atoms with Gasteiger partial charge in [-0.15, -0.1) is 34.0 Å². The lowest BCUT2D eigenvalue weighted by atomic mass is 10.1. The molecule has 0 unspecified atom stereocenters. The van der Waals surface area contributed by atoms with Crippen molar-refractivity contribution in [1.82, 2.24) is 0 Å². The molecule has 0 radical (unpaired) electrons. The molecule has 6 heterocycles. The number of hydrogen-bond donors (Lipinski definition) is 3. The highest BCUT2D eigenvalue weighted by atomic mass is 32.1. The van der Waals surface area contributed by atoms with Crippen molar-refractivity contribution in [3.05, 3.63) is 232 Å². The second-order valence-corrected chi connectivity index (χ2v) is 21.7. The normalized spacial score (nSPS) is 15.7. The molecule has 19 heteroatoms. The number of carbonyl (C=O) groups excluding carboxylic acids is 3. The molecule has 3 aliphatic rings. The van der Waals surface area contributed by atoms with Crippen molar-refractivity contribution >= 4 is 139 Å². The Balaban J connectivity index is 0.834. The fraction of sp³-hybridized carbons (Fsp3) is 0. The van der Waals surface area contributed by atoms with Crippen LogP contribution in [0.25, 0.3) is 49.5 Å². The second kappa shape index (κ2) is 21.8. The van der Waals surface area contributed by atoms with Crippen LogP contribution in [0.5, 0.6) is 0 Å². The topological polar surface area (TPSA) is 213 Å². The molecule has 0 fully saturated rings. The van der Waals surface area contributed by atoms with Gasteiger partial charge in [0.05, 0.1) is 33.8 Å². The largest absolute Gasteiger partial charge is 0.476 e. The molecule has 82 heavy (non-hydrogen) atoms. The SMILES string of the molecule is O=C(O)C1=NN(c2ccccc2)C(=O)/C1=C\c1ccc(-c2ccc(N(c3ccc(-c4ccc(/C=C5\C(=O)N(c6ccccc6)N=C5C(=O)O)s4)cc3)c3ccc(-c4ccc(/C=C5\C(=O)N(c6ccccc6)N=C5C(=O)O)s4)cc3)cc2)s1. The molecule has 3 N–H and O–H groups in total. The van der Waals surface area contributed by atoms with Crippen LogP contribution in [0.3, 0.4) is 0 Å². The quantitative estimate of drug-likeness (QED) is 0.0826. The summed E-state index contributed by atoms with van der Waals surface area (Å²) in [5.41, 5.74) is 5.36. The van der Waals surface area contributed by atoms with Crippen LogP contribution in [0.15, 0.2) is 232 Å². The maximum atomic E-state index is 13.5. The van der Waals surface area contributed by atoms with E-state index in [9.17, 15) is 44.1 Å². The van der Waals surface area contributed by atoms with Crippen LogP contribution in [0.1, 0.15) is 14.6 Å². The number of carboxylic acid groups (broad SMARTS) is 3. The van der Waals surface area contributed by atoms with Gasteiger partial charge in [-0.25, -0.2) is 14.4 Å². The van der Waals surface area contributed by atoms with E-state index in [1.807, 2.05) is 109 Å². The summed E-state index contributed by atoms with van der Waals surface area (Å²) in [5.74, 6) is -5.57. The Morgan fingerprint density at radius 3 is 0.854 bits per heavy atom. The van der Waals surface area contributed by atoms with Crippen molar-refractivity contribution < 1.29 is 44.1 Å². The number of thiophene rings is 3. The maximum Gasteiger partial charge on any atom is 0.357 e. The zero-order chi connectivity index (χ0) is 56.6. The monoisotopic (exact) mass is 1130 g/mol. The van der Waals surface area contributed by atoms with E-state index >= 15 is 0 Å². The van der Waals surface area contributed by atoms with E-state index in [-0.39, 0.29) is 33.9 Å². The zero-order valence-corrected chi connectivity index (χ0v) is 44.9. The third kappa shape index (κ3) is 10.2. The van der Waals surface area contributed by atoms with E-state index in [1.165, 1.54) is 34.0 Å². The van der Waals surface area contributed by atoms with Gasteiger partial charge in [0, 0.05) is 46.3 Å². The van der Waals surface area contributed by atoms with Gasteiger partial charge in [-0.2, -0.15) is 30.3 Å². The lowest BCUT2D eigenvalue weighted by molar-refractivity contribution is -0.130. The molecule has 12 rings (SSSR count). The summed E-state index contributed by atoms with van der Waals surface area (Å²) in [6.07, 6.45) is 4.66. The molecule has 16 nitrogen and oxygen atoms in total. The van der Waals surface area contributed by atoms with Crippen molar-refractivity contribution in [3.8, 4) is 31.3 Å². The molecule has 0 spiro atoms. The number of rotatable bonds is 15. The van der Waals surface area contributed by atoms with Crippen LogP contribution >= 0.6 is 34.0 Å². The predicted molar refractivity (Wildman–Crippen MR) is 322 cm³/mol. The number of anilines is 6. The first-order valence-corrected chi connectivity index (χ1v) is 27.5. The van der Waals surface area contributed by atoms with E-state index in [4.69, 9.17) is 0 Å². The standard InChI is InChI=1S/C63H39N7O9S3/c71-58-49(55(61(74)75)64-68(58)43-10-4-1-5-11-43)34-46-28-31-52(80-46)37-16-22-40(23-17-37)67(41-24-18-38(19-25-41)53-32-29-47(81-53)35-50-56(62(76)77)65-69(59(50)72)44-12-6-2-7-13-44)42-26-20-39(21-27-42)54-33-30-48(82-54)36-51-57(63(78)79)66-70(60(51)73)45-14-8-3-9-15-45/h1-36H,(H,74,75)(H,76,77)(H,78,79)/b49-34-,50-35-,51-36-. The van der Waals surface area contributed by atoms with E-state index in [1.54, 1.807) is 109 Å². The first kappa shape index (κ1) is 52.0. The maximum absolute atomic E-state index is 13.5. The number of hydrogen-bond acceptors (Lipinski definition) is 13. The Morgan fingerprint density at radius 2 is 0.610 bits per heavy atom.